The molecule has 1 unspecified atom stereocenters. The molecule has 1 aromatic heterocycles. The van der Waals surface area contributed by atoms with Gasteiger partial charge in [0.05, 0.1) is 16.8 Å². The lowest BCUT2D eigenvalue weighted by molar-refractivity contribution is -0.288. The van der Waals surface area contributed by atoms with Gasteiger partial charge in [0, 0.05) is 45.2 Å². The quantitative estimate of drug-likeness (QED) is 0.205. The molecule has 1 fully saturated rings. The Morgan fingerprint density at radius 1 is 0.822 bits per heavy atom. The summed E-state index contributed by atoms with van der Waals surface area (Å²) in [4.78, 5) is 65.3. The Balaban J connectivity index is 1.42. The molecule has 0 aliphatic carbocycles. The minimum Gasteiger partial charge on any atom is -0.463 e. The molecule has 0 spiro atoms. The van der Waals surface area contributed by atoms with Gasteiger partial charge in [0.2, 0.25) is 18.2 Å². The van der Waals surface area contributed by atoms with Crippen molar-refractivity contribution in [2.24, 2.45) is 0 Å². The first-order chi connectivity index (χ1) is 21.5. The molecule has 0 amide bonds. The number of benzene rings is 2. The summed E-state index contributed by atoms with van der Waals surface area (Å²) in [5.41, 5.74) is 1.56. The fourth-order valence-electron chi connectivity index (χ4n) is 4.95. The number of ketones is 1. The van der Waals surface area contributed by atoms with Crippen molar-refractivity contribution in [3.63, 3.8) is 0 Å². The largest absolute Gasteiger partial charge is 0.463 e. The molecule has 13 heteroatoms. The van der Waals surface area contributed by atoms with Crippen molar-refractivity contribution in [1.29, 1.82) is 0 Å². The van der Waals surface area contributed by atoms with Gasteiger partial charge < -0.3 is 33.2 Å². The van der Waals surface area contributed by atoms with Crippen molar-refractivity contribution >= 4 is 46.6 Å². The molecule has 2 aromatic carbocycles. The number of pyridine rings is 1. The number of para-hydroxylation sites is 1. The van der Waals surface area contributed by atoms with Crippen LogP contribution < -0.4 is 9.47 Å². The molecule has 5 atom stereocenters. The van der Waals surface area contributed by atoms with Crippen molar-refractivity contribution in [1.82, 2.24) is 4.98 Å². The highest BCUT2D eigenvalue weighted by molar-refractivity contribution is 6.14. The fraction of sp³-hybridized carbons (Fsp3) is 0.312. The number of fused-ring (bicyclic) bond motifs is 2. The molecule has 234 valence electrons. The third-order valence-electron chi connectivity index (χ3n) is 6.74. The van der Waals surface area contributed by atoms with E-state index in [-0.39, 0.29) is 28.6 Å². The first-order valence-corrected chi connectivity index (χ1v) is 13.9. The Kier molecular flexibility index (Phi) is 9.09. The zero-order chi connectivity index (χ0) is 32.2. The second-order valence-electron chi connectivity index (χ2n) is 10.2. The average molecular weight is 620 g/mol. The van der Waals surface area contributed by atoms with Gasteiger partial charge in [0.1, 0.15) is 24.2 Å². The van der Waals surface area contributed by atoms with Crippen LogP contribution in [-0.4, -0.2) is 72.0 Å². The summed E-state index contributed by atoms with van der Waals surface area (Å²) in [6, 6.07) is 15.6. The number of carbonyl (C=O) groups is 5. The van der Waals surface area contributed by atoms with Crippen LogP contribution in [0.2, 0.25) is 0 Å². The molecule has 0 radical (unpaired) electrons. The number of hydrogen-bond acceptors (Lipinski definition) is 13. The van der Waals surface area contributed by atoms with Crippen molar-refractivity contribution < 1.29 is 57.1 Å². The molecular formula is C32H29NO12. The lowest BCUT2D eigenvalue weighted by Crippen LogP contribution is -2.63. The Morgan fingerprint density at radius 2 is 1.51 bits per heavy atom. The van der Waals surface area contributed by atoms with E-state index in [0.717, 1.165) is 31.7 Å². The number of esters is 4. The maximum absolute atomic E-state index is 13.1. The van der Waals surface area contributed by atoms with Crippen LogP contribution >= 0.6 is 0 Å². The Hall–Kier alpha value is -5.30. The summed E-state index contributed by atoms with van der Waals surface area (Å²) in [6.45, 7) is 4.14. The average Bonchev–Trinajstić information content (AvgIpc) is 3.28. The predicted octanol–water partition coefficient (Wildman–Crippen LogP) is 3.31. The zero-order valence-electron chi connectivity index (χ0n) is 24.7. The lowest BCUT2D eigenvalue weighted by Gasteiger charge is -2.43. The number of aromatic nitrogens is 1. The van der Waals surface area contributed by atoms with E-state index in [1.54, 1.807) is 6.07 Å². The molecule has 0 saturated carbocycles. The first-order valence-electron chi connectivity index (χ1n) is 13.9. The van der Waals surface area contributed by atoms with Crippen molar-refractivity contribution in [3.8, 4) is 11.5 Å². The number of nitrogens with zero attached hydrogens (tertiary/aromatic N) is 1. The number of Topliss-reactive ketones (excluding diaryl/α,β-unsaturated/α-hetero) is 1. The molecule has 3 aromatic rings. The SMILES string of the molecule is CC(=O)OC[C@H]1OC(Oc2ccc3c(c2)O/C(=C\c2ccc4ccccc4n2)C3=O)[C@H](OC(C)=O)[C@@H](OC(C)=O)[C@@H]1OC(C)=O. The number of carbonyl (C=O) groups excluding carboxylic acids is 5. The van der Waals surface area contributed by atoms with Gasteiger partial charge in [-0.1, -0.05) is 24.3 Å². The summed E-state index contributed by atoms with van der Waals surface area (Å²) < 4.78 is 39.2. The van der Waals surface area contributed by atoms with E-state index < -0.39 is 61.2 Å². The highest BCUT2D eigenvalue weighted by Crippen LogP contribution is 2.37. The highest BCUT2D eigenvalue weighted by atomic mass is 16.7. The molecule has 2 aliphatic heterocycles. The van der Waals surface area contributed by atoms with Gasteiger partial charge in [-0.15, -0.1) is 0 Å². The lowest BCUT2D eigenvalue weighted by atomic mass is 9.98. The summed E-state index contributed by atoms with van der Waals surface area (Å²) in [6.07, 6.45) is -5.24. The second kappa shape index (κ2) is 13.1. The predicted molar refractivity (Wildman–Crippen MR) is 154 cm³/mol. The molecular weight excluding hydrogens is 590 g/mol. The smallest absolute Gasteiger partial charge is 0.303 e. The normalized spacial score (nSPS) is 23.1. The van der Waals surface area contributed by atoms with Crippen LogP contribution in [0.1, 0.15) is 43.7 Å². The van der Waals surface area contributed by atoms with Crippen LogP contribution in [-0.2, 0) is 42.9 Å². The fourth-order valence-corrected chi connectivity index (χ4v) is 4.95. The van der Waals surface area contributed by atoms with Gasteiger partial charge >= 0.3 is 23.9 Å². The maximum atomic E-state index is 13.1. The number of allylic oxidation sites excluding steroid dienone is 1. The second-order valence-corrected chi connectivity index (χ2v) is 10.2. The van der Waals surface area contributed by atoms with Crippen LogP contribution in [0.3, 0.4) is 0 Å². The Bertz CT molecular complexity index is 1700. The van der Waals surface area contributed by atoms with Crippen LogP contribution in [0.15, 0.2) is 60.4 Å². The minimum absolute atomic E-state index is 0.0530. The summed E-state index contributed by atoms with van der Waals surface area (Å²) in [5.74, 6) is -2.93. The van der Waals surface area contributed by atoms with Crippen LogP contribution in [0.5, 0.6) is 11.5 Å². The maximum Gasteiger partial charge on any atom is 0.303 e. The van der Waals surface area contributed by atoms with E-state index in [0.29, 0.717) is 5.69 Å². The molecule has 45 heavy (non-hydrogen) atoms. The monoisotopic (exact) mass is 619 g/mol. The van der Waals surface area contributed by atoms with Gasteiger partial charge in [0.25, 0.3) is 0 Å². The molecule has 13 nitrogen and oxygen atoms in total. The van der Waals surface area contributed by atoms with E-state index >= 15 is 0 Å². The Labute approximate surface area is 256 Å². The Morgan fingerprint density at radius 3 is 2.22 bits per heavy atom. The van der Waals surface area contributed by atoms with E-state index in [1.165, 1.54) is 31.2 Å². The van der Waals surface area contributed by atoms with E-state index in [4.69, 9.17) is 33.2 Å². The standard InChI is InChI=1S/C32H29NO12/c1-16(34)39-15-27-29(40-17(2)35)30(41-18(3)36)31(42-19(4)37)32(45-27)43-22-11-12-23-25(14-22)44-26(28(23)38)13-21-10-9-20-7-5-6-8-24(20)33-21/h5-14,27,29-32H,15H2,1-4H3/b26-13-/t27-,29-,30+,31-,32?/m1/s1. The minimum atomic E-state index is -1.45. The van der Waals surface area contributed by atoms with Gasteiger partial charge in [-0.2, -0.15) is 0 Å². The van der Waals surface area contributed by atoms with Gasteiger partial charge in [-0.3, -0.25) is 24.0 Å². The van der Waals surface area contributed by atoms with E-state index in [2.05, 4.69) is 4.98 Å². The molecule has 2 aliphatic rings. The third-order valence-corrected chi connectivity index (χ3v) is 6.74. The highest BCUT2D eigenvalue weighted by Gasteiger charge is 2.53. The van der Waals surface area contributed by atoms with Crippen molar-refractivity contribution in [2.75, 3.05) is 6.61 Å². The van der Waals surface area contributed by atoms with Gasteiger partial charge in [-0.25, -0.2) is 4.98 Å². The van der Waals surface area contributed by atoms with Crippen molar-refractivity contribution in [2.45, 2.75) is 58.4 Å². The third kappa shape index (κ3) is 7.27. The molecule has 1 saturated heterocycles. The van der Waals surface area contributed by atoms with Crippen molar-refractivity contribution in [3.05, 3.63) is 71.6 Å². The molecule has 0 bridgehead atoms. The molecule has 0 N–H and O–H groups in total. The summed E-state index contributed by atoms with van der Waals surface area (Å²) in [7, 11) is 0. The first kappa shape index (κ1) is 31.1. The number of rotatable bonds is 8. The molecule has 3 heterocycles. The number of hydrogen-bond donors (Lipinski definition) is 0. The van der Waals surface area contributed by atoms with Crippen LogP contribution in [0.4, 0.5) is 0 Å². The number of ether oxygens (including phenoxy) is 7. The van der Waals surface area contributed by atoms with Crippen LogP contribution in [0, 0.1) is 0 Å². The summed E-state index contributed by atoms with van der Waals surface area (Å²) in [5, 5.41) is 0.950. The van der Waals surface area contributed by atoms with E-state index in [9.17, 15) is 24.0 Å². The van der Waals surface area contributed by atoms with Gasteiger partial charge in [0.15, 0.2) is 18.0 Å². The zero-order valence-corrected chi connectivity index (χ0v) is 24.7. The summed E-state index contributed by atoms with van der Waals surface area (Å²) >= 11 is 0. The van der Waals surface area contributed by atoms with E-state index in [1.807, 2.05) is 30.3 Å². The topological polar surface area (TPSA) is 163 Å². The van der Waals surface area contributed by atoms with Gasteiger partial charge in [-0.05, 0) is 24.3 Å². The van der Waals surface area contributed by atoms with Crippen LogP contribution in [0.25, 0.3) is 17.0 Å². The molecule has 5 rings (SSSR count).